The Balaban J connectivity index is -0.0000000670. The Morgan fingerprint density at radius 1 is 0.250 bits per heavy atom. The number of unbranched alkanes of at least 4 members (excludes halogenated alkanes) is 19. The maximum absolute atomic E-state index is 3.69. The molecule has 1 aromatic carbocycles. The fraction of sp³-hybridized carbons (Fsp3) is 0.619. The molecule has 0 radical (unpaired) electrons. The van der Waals surface area contributed by atoms with Gasteiger partial charge in [0, 0.05) is 0 Å². The van der Waals surface area contributed by atoms with Crippen molar-refractivity contribution in [2.24, 2.45) is 0 Å². The molecule has 6 aliphatic carbocycles. The van der Waals surface area contributed by atoms with Gasteiger partial charge in [0.05, 0.1) is 0 Å². The van der Waals surface area contributed by atoms with Gasteiger partial charge in [-0.05, 0) is 56.1 Å². The molecule has 0 aliphatic heterocycles. The minimum Gasteiger partial charge on any atom is -0.0985 e. The summed E-state index contributed by atoms with van der Waals surface area (Å²) >= 11 is 0. The molecule has 0 spiro atoms. The summed E-state index contributed by atoms with van der Waals surface area (Å²) < 4.78 is 0. The molecule has 0 saturated carbocycles. The summed E-state index contributed by atoms with van der Waals surface area (Å²) in [7, 11) is 0. The number of hydrogen-bond acceptors (Lipinski definition) is 0. The van der Waals surface area contributed by atoms with Gasteiger partial charge in [-0.25, -0.2) is 0 Å². The summed E-state index contributed by atoms with van der Waals surface area (Å²) in [6, 6.07) is 8.45. The van der Waals surface area contributed by atoms with Crippen molar-refractivity contribution in [3.8, 4) is 0 Å². The first-order valence-electron chi connectivity index (χ1n) is 34.6. The first kappa shape index (κ1) is 108. The van der Waals surface area contributed by atoms with Gasteiger partial charge in [0.25, 0.3) is 0 Å². The molecule has 0 N–H and O–H groups in total. The lowest BCUT2D eigenvalue weighted by Crippen LogP contribution is -1.78. The summed E-state index contributed by atoms with van der Waals surface area (Å²) in [5, 5.41) is 0. The van der Waals surface area contributed by atoms with E-state index in [9.17, 15) is 0 Å². The minimum absolute atomic E-state index is 0. The zero-order valence-corrected chi connectivity index (χ0v) is 58.7. The molecule has 0 heteroatoms. The van der Waals surface area contributed by atoms with Gasteiger partial charge in [-0.3, -0.25) is 0 Å². The highest BCUT2D eigenvalue weighted by atomic mass is 13.9. The molecule has 6 aliphatic rings. The quantitative estimate of drug-likeness (QED) is 0.108. The molecule has 0 atom stereocenters. The molecular formula is C84H160. The lowest BCUT2D eigenvalue weighted by Gasteiger charge is -1.95. The third-order valence-corrected chi connectivity index (χ3v) is 11.1. The van der Waals surface area contributed by atoms with E-state index >= 15 is 0 Å². The standard InChI is InChI=1S/C10H12.3C8H18.C7H16.6C5H6.5C2H6.3CH4/c1-3-9-5-7-10(4-2)8-6-9;3*1-3-5-7-8-6-4-2;1-3-5-7-6-4-2;6*1-2-4-5-3-1;5*1-2;;;/h3,5-8H,1,4H2,2H3;3*3-8H2,1-2H3;3-7H2,1-2H3;6*1-4H,5H2;5*1-2H3;3*1H4. The number of aryl methyl sites for hydroxylation is 1. The number of allylic oxidation sites excluding steroid dienone is 24. The van der Waals surface area contributed by atoms with Crippen molar-refractivity contribution in [2.75, 3.05) is 0 Å². The second-order valence-electron chi connectivity index (χ2n) is 18.2. The predicted octanol–water partition coefficient (Wildman–Crippen LogP) is 32.0. The Kier molecular flexibility index (Phi) is 166. The van der Waals surface area contributed by atoms with Crippen LogP contribution >= 0.6 is 0 Å². The van der Waals surface area contributed by atoms with Gasteiger partial charge < -0.3 is 0 Å². The first-order chi connectivity index (χ1) is 40.0. The van der Waals surface area contributed by atoms with Crippen LogP contribution in [0.5, 0.6) is 0 Å². The van der Waals surface area contributed by atoms with E-state index in [1.165, 1.54) is 159 Å². The zero-order valence-electron chi connectivity index (χ0n) is 58.7. The minimum atomic E-state index is 0. The van der Waals surface area contributed by atoms with Gasteiger partial charge in [-0.1, -0.05) is 484 Å². The Hall–Kier alpha value is -4.16. The van der Waals surface area contributed by atoms with Crippen LogP contribution in [0.25, 0.3) is 6.08 Å². The molecule has 496 valence electrons. The average Bonchev–Trinajstić information content (AvgIpc) is 4.40. The molecule has 0 unspecified atom stereocenters. The van der Waals surface area contributed by atoms with Crippen LogP contribution in [0.4, 0.5) is 0 Å². The fourth-order valence-electron chi connectivity index (χ4n) is 6.48. The molecule has 0 amide bonds. The number of rotatable bonds is 21. The van der Waals surface area contributed by atoms with Gasteiger partial charge in [-0.2, -0.15) is 0 Å². The predicted molar refractivity (Wildman–Crippen MR) is 412 cm³/mol. The molecule has 0 bridgehead atoms. The Labute approximate surface area is 537 Å². The van der Waals surface area contributed by atoms with Crippen LogP contribution in [0.1, 0.15) is 351 Å². The van der Waals surface area contributed by atoms with Gasteiger partial charge in [0.1, 0.15) is 0 Å². The van der Waals surface area contributed by atoms with Crippen LogP contribution in [0.2, 0.25) is 0 Å². The van der Waals surface area contributed by atoms with Gasteiger partial charge in [0.15, 0.2) is 0 Å². The summed E-state index contributed by atoms with van der Waals surface area (Å²) in [4.78, 5) is 0. The van der Waals surface area contributed by atoms with Crippen molar-refractivity contribution < 1.29 is 0 Å². The maximum atomic E-state index is 3.69. The summed E-state index contributed by atoms with van der Waals surface area (Å²) in [5.41, 5.74) is 2.57. The van der Waals surface area contributed by atoms with Crippen LogP contribution in [0.15, 0.2) is 177 Å². The normalized spacial score (nSPS) is 11.3. The van der Waals surface area contributed by atoms with Crippen LogP contribution < -0.4 is 0 Å². The highest BCUT2D eigenvalue weighted by Crippen LogP contribution is 2.07. The van der Waals surface area contributed by atoms with Crippen LogP contribution in [-0.2, 0) is 6.42 Å². The largest absolute Gasteiger partial charge is 0.0985 e. The van der Waals surface area contributed by atoms with Gasteiger partial charge >= 0.3 is 0 Å². The van der Waals surface area contributed by atoms with E-state index in [0.29, 0.717) is 0 Å². The average molecular weight is 1170 g/mol. The second-order valence-corrected chi connectivity index (χ2v) is 18.2. The highest BCUT2D eigenvalue weighted by Gasteiger charge is 1.88. The number of hydrogen-bond donors (Lipinski definition) is 0. The molecule has 0 nitrogen and oxygen atoms in total. The van der Waals surface area contributed by atoms with E-state index in [1.54, 1.807) is 0 Å². The highest BCUT2D eigenvalue weighted by molar-refractivity contribution is 5.47. The monoisotopic (exact) mass is 1170 g/mol. The summed E-state index contributed by atoms with van der Waals surface area (Å²) in [5.74, 6) is 0. The molecule has 0 heterocycles. The van der Waals surface area contributed by atoms with Crippen molar-refractivity contribution in [1.29, 1.82) is 0 Å². The van der Waals surface area contributed by atoms with Crippen molar-refractivity contribution in [3.63, 3.8) is 0 Å². The first-order valence-corrected chi connectivity index (χ1v) is 34.6. The smallest absolute Gasteiger partial charge is 0.0163 e. The van der Waals surface area contributed by atoms with Crippen LogP contribution in [0, 0.1) is 0 Å². The van der Waals surface area contributed by atoms with Crippen molar-refractivity contribution in [3.05, 3.63) is 188 Å². The van der Waals surface area contributed by atoms with Crippen LogP contribution in [0.3, 0.4) is 0 Å². The van der Waals surface area contributed by atoms with E-state index in [1.807, 2.05) is 75.3 Å². The van der Waals surface area contributed by atoms with E-state index < -0.39 is 0 Å². The Bertz CT molecular complexity index is 1210. The molecule has 1 aromatic rings. The Morgan fingerprint density at radius 3 is 0.488 bits per heavy atom. The Morgan fingerprint density at radius 2 is 0.393 bits per heavy atom. The van der Waals surface area contributed by atoms with Crippen molar-refractivity contribution >= 4 is 6.08 Å². The van der Waals surface area contributed by atoms with E-state index in [4.69, 9.17) is 0 Å². The van der Waals surface area contributed by atoms with Crippen molar-refractivity contribution in [1.82, 2.24) is 0 Å². The molecule has 84 heavy (non-hydrogen) atoms. The molecule has 0 saturated heterocycles. The lowest BCUT2D eigenvalue weighted by molar-refractivity contribution is 0.624. The number of benzene rings is 1. The fourth-order valence-corrected chi connectivity index (χ4v) is 6.48. The van der Waals surface area contributed by atoms with Gasteiger partial charge in [0.2, 0.25) is 0 Å². The lowest BCUT2D eigenvalue weighted by atomic mass is 10.1. The second kappa shape index (κ2) is 129. The summed E-state index contributed by atoms with van der Waals surface area (Å²) in [6.45, 7) is 43.9. The zero-order chi connectivity index (χ0) is 62.9. The topological polar surface area (TPSA) is 0 Å². The summed E-state index contributed by atoms with van der Waals surface area (Å²) in [6.07, 6.45) is 92.4. The van der Waals surface area contributed by atoms with E-state index in [0.717, 1.165) is 44.9 Å². The molecule has 0 fully saturated rings. The van der Waals surface area contributed by atoms with Crippen LogP contribution in [-0.4, -0.2) is 0 Å². The third-order valence-electron chi connectivity index (χ3n) is 11.1. The maximum Gasteiger partial charge on any atom is -0.0163 e. The van der Waals surface area contributed by atoms with Gasteiger partial charge in [-0.15, -0.1) is 0 Å². The van der Waals surface area contributed by atoms with Crippen molar-refractivity contribution in [2.45, 2.75) is 346 Å². The molecule has 0 aromatic heterocycles. The molecule has 7 rings (SSSR count). The third kappa shape index (κ3) is 133. The SMILES string of the molecule is C.C.C.C1=CCC=C1.C1=CCC=C1.C1=CCC=C1.C1=CCC=C1.C1=CCC=C1.C1=CCC=C1.C=Cc1ccc(CC)cc1.CC.CC.CC.CC.CC.CCCCCCC.CCCCCCCC.CCCCCCCC.CCCCCCCC. The van der Waals surface area contributed by atoms with E-state index in [2.05, 4.69) is 239 Å². The molecular weight excluding hydrogens is 1010 g/mol. The van der Waals surface area contributed by atoms with E-state index in [-0.39, 0.29) is 22.3 Å².